The summed E-state index contributed by atoms with van der Waals surface area (Å²) >= 11 is 1.73. The van der Waals surface area contributed by atoms with Crippen LogP contribution in [-0.4, -0.2) is 24.2 Å². The lowest BCUT2D eigenvalue weighted by atomic mass is 9.90. The monoisotopic (exact) mass is 365 g/mol. The van der Waals surface area contributed by atoms with Gasteiger partial charge >= 0.3 is 6.18 Å². The van der Waals surface area contributed by atoms with Crippen molar-refractivity contribution in [1.82, 2.24) is 4.90 Å². The summed E-state index contributed by atoms with van der Waals surface area (Å²) in [5.74, 6) is 0.307. The maximum absolute atomic E-state index is 12.7. The van der Waals surface area contributed by atoms with E-state index < -0.39 is 11.7 Å². The van der Waals surface area contributed by atoms with Crippen LogP contribution < -0.4 is 0 Å². The van der Waals surface area contributed by atoms with E-state index in [1.807, 2.05) is 0 Å². The average molecular weight is 365 g/mol. The number of rotatable bonds is 4. The number of likely N-dealkylation sites (tertiary alicyclic amines) is 1. The smallest absolute Gasteiger partial charge is 0.298 e. The van der Waals surface area contributed by atoms with Gasteiger partial charge in [-0.15, -0.1) is 11.8 Å². The molecule has 1 aliphatic heterocycles. The van der Waals surface area contributed by atoms with Gasteiger partial charge in [0.2, 0.25) is 0 Å². The van der Waals surface area contributed by atoms with Gasteiger partial charge in [-0.2, -0.15) is 13.2 Å². The molecule has 1 nitrogen and oxygen atoms in total. The van der Waals surface area contributed by atoms with Gasteiger partial charge < -0.3 is 0 Å². The highest BCUT2D eigenvalue weighted by Crippen LogP contribution is 2.32. The van der Waals surface area contributed by atoms with E-state index in [4.69, 9.17) is 0 Å². The minimum absolute atomic E-state index is 0.307. The molecule has 3 rings (SSSR count). The van der Waals surface area contributed by atoms with Gasteiger partial charge in [0.1, 0.15) is 0 Å². The van der Waals surface area contributed by atoms with Crippen molar-refractivity contribution in [3.8, 4) is 0 Å². The lowest BCUT2D eigenvalue weighted by molar-refractivity contribution is -0.137. The maximum atomic E-state index is 12.7. The van der Waals surface area contributed by atoms with E-state index in [-0.39, 0.29) is 0 Å². The van der Waals surface area contributed by atoms with Crippen molar-refractivity contribution in [2.75, 3.05) is 19.3 Å². The van der Waals surface area contributed by atoms with Gasteiger partial charge in [0.15, 0.2) is 0 Å². The van der Waals surface area contributed by atoms with Crippen LogP contribution in [0.2, 0.25) is 0 Å². The fourth-order valence-corrected chi connectivity index (χ4v) is 3.81. The second-order valence-electron chi connectivity index (χ2n) is 6.54. The summed E-state index contributed by atoms with van der Waals surface area (Å²) in [6, 6.07) is 14.3. The zero-order chi connectivity index (χ0) is 17.9. The number of nitrogens with zero attached hydrogens (tertiary/aromatic N) is 1. The van der Waals surface area contributed by atoms with Crippen molar-refractivity contribution in [3.05, 3.63) is 65.2 Å². The Morgan fingerprint density at radius 2 is 1.72 bits per heavy atom. The van der Waals surface area contributed by atoms with E-state index >= 15 is 0 Å². The predicted octanol–water partition coefficient (Wildman–Crippen LogP) is 5.81. The molecule has 2 aromatic carbocycles. The summed E-state index contributed by atoms with van der Waals surface area (Å²) in [7, 11) is 0. The zero-order valence-corrected chi connectivity index (χ0v) is 15.0. The topological polar surface area (TPSA) is 3.24 Å². The first-order valence-corrected chi connectivity index (χ1v) is 9.70. The normalized spacial score (nSPS) is 19.1. The molecule has 1 unspecified atom stereocenters. The quantitative estimate of drug-likeness (QED) is 0.629. The van der Waals surface area contributed by atoms with Crippen LogP contribution >= 0.6 is 11.8 Å². The summed E-state index contributed by atoms with van der Waals surface area (Å²) in [5, 5.41) is 0. The molecule has 1 aliphatic rings. The molecule has 0 aliphatic carbocycles. The molecular formula is C20H22F3NS. The number of benzene rings is 2. The van der Waals surface area contributed by atoms with Crippen molar-refractivity contribution in [1.29, 1.82) is 0 Å². The van der Waals surface area contributed by atoms with Gasteiger partial charge in [0.25, 0.3) is 0 Å². The second kappa shape index (κ2) is 7.83. The first kappa shape index (κ1) is 18.3. The minimum atomic E-state index is -4.26. The Bertz CT molecular complexity index is 680. The second-order valence-corrected chi connectivity index (χ2v) is 7.42. The maximum Gasteiger partial charge on any atom is 0.416 e. The average Bonchev–Trinajstić information content (AvgIpc) is 2.62. The Labute approximate surface area is 151 Å². The zero-order valence-electron chi connectivity index (χ0n) is 14.2. The third kappa shape index (κ3) is 4.79. The largest absolute Gasteiger partial charge is 0.416 e. The molecular weight excluding hydrogens is 343 g/mol. The number of thioether (sulfide) groups is 1. The van der Waals surface area contributed by atoms with E-state index in [1.54, 1.807) is 23.9 Å². The molecule has 1 heterocycles. The van der Waals surface area contributed by atoms with Crippen LogP contribution in [0.15, 0.2) is 53.4 Å². The molecule has 0 bridgehead atoms. The van der Waals surface area contributed by atoms with Crippen LogP contribution in [0.4, 0.5) is 13.2 Å². The lowest BCUT2D eigenvalue weighted by Crippen LogP contribution is -2.33. The number of piperidine rings is 1. The van der Waals surface area contributed by atoms with Crippen molar-refractivity contribution < 1.29 is 13.2 Å². The minimum Gasteiger partial charge on any atom is -0.298 e. The molecule has 0 amide bonds. The SMILES string of the molecule is CSc1ccc(CN2CCCC(c3ccc(C(F)(F)F)cc3)C2)cc1. The first-order chi connectivity index (χ1) is 12.0. The molecule has 134 valence electrons. The van der Waals surface area contributed by atoms with Gasteiger partial charge in [-0.1, -0.05) is 24.3 Å². The van der Waals surface area contributed by atoms with Crippen molar-refractivity contribution >= 4 is 11.8 Å². The van der Waals surface area contributed by atoms with E-state index in [0.29, 0.717) is 5.92 Å². The number of halogens is 3. The summed E-state index contributed by atoms with van der Waals surface area (Å²) in [4.78, 5) is 3.66. The molecule has 0 aromatic heterocycles. The number of alkyl halides is 3. The summed E-state index contributed by atoms with van der Waals surface area (Å²) in [6.07, 6.45) is -0.0871. The van der Waals surface area contributed by atoms with Crippen molar-refractivity contribution in [3.63, 3.8) is 0 Å². The van der Waals surface area contributed by atoms with Gasteiger partial charge in [-0.3, -0.25) is 4.90 Å². The molecule has 5 heteroatoms. The lowest BCUT2D eigenvalue weighted by Gasteiger charge is -2.33. The van der Waals surface area contributed by atoms with Crippen LogP contribution in [-0.2, 0) is 12.7 Å². The van der Waals surface area contributed by atoms with Crippen LogP contribution in [0.25, 0.3) is 0 Å². The van der Waals surface area contributed by atoms with Gasteiger partial charge in [-0.05, 0) is 67.0 Å². The predicted molar refractivity (Wildman–Crippen MR) is 96.9 cm³/mol. The third-order valence-electron chi connectivity index (χ3n) is 4.78. The molecule has 0 spiro atoms. The number of hydrogen-bond donors (Lipinski definition) is 0. The Morgan fingerprint density at radius 1 is 1.04 bits per heavy atom. The van der Waals surface area contributed by atoms with Gasteiger partial charge in [0, 0.05) is 18.0 Å². The van der Waals surface area contributed by atoms with E-state index in [2.05, 4.69) is 35.4 Å². The third-order valence-corrected chi connectivity index (χ3v) is 5.52. The highest BCUT2D eigenvalue weighted by molar-refractivity contribution is 7.98. The highest BCUT2D eigenvalue weighted by Gasteiger charge is 2.30. The Morgan fingerprint density at radius 3 is 2.32 bits per heavy atom. The molecule has 2 aromatic rings. The first-order valence-electron chi connectivity index (χ1n) is 8.48. The van der Waals surface area contributed by atoms with Gasteiger partial charge in [0.05, 0.1) is 5.56 Å². The Balaban J connectivity index is 1.64. The van der Waals surface area contributed by atoms with E-state index in [9.17, 15) is 13.2 Å². The molecule has 1 saturated heterocycles. The van der Waals surface area contributed by atoms with Crippen LogP contribution in [0.1, 0.15) is 35.4 Å². The summed E-state index contributed by atoms with van der Waals surface area (Å²) in [5.41, 5.74) is 1.72. The number of hydrogen-bond acceptors (Lipinski definition) is 2. The van der Waals surface area contributed by atoms with Crippen LogP contribution in [0.5, 0.6) is 0 Å². The molecule has 1 fully saturated rings. The summed E-state index contributed by atoms with van der Waals surface area (Å²) in [6.45, 7) is 2.84. The van der Waals surface area contributed by atoms with E-state index in [0.717, 1.165) is 38.0 Å². The fourth-order valence-electron chi connectivity index (χ4n) is 3.40. The van der Waals surface area contributed by atoms with Crippen LogP contribution in [0, 0.1) is 0 Å². The Hall–Kier alpha value is -1.46. The molecule has 1 atom stereocenters. The van der Waals surface area contributed by atoms with Crippen molar-refractivity contribution in [2.24, 2.45) is 0 Å². The molecule has 0 radical (unpaired) electrons. The molecule has 0 N–H and O–H groups in total. The van der Waals surface area contributed by atoms with Gasteiger partial charge in [-0.25, -0.2) is 0 Å². The molecule has 0 saturated carbocycles. The fraction of sp³-hybridized carbons (Fsp3) is 0.400. The van der Waals surface area contributed by atoms with Crippen molar-refractivity contribution in [2.45, 2.75) is 36.4 Å². The summed E-state index contributed by atoms with van der Waals surface area (Å²) < 4.78 is 38.1. The standard InChI is InChI=1S/C20H22F3NS/c1-25-19-10-4-15(5-11-19)13-24-12-2-3-17(14-24)16-6-8-18(9-7-16)20(21,22)23/h4-11,17H,2-3,12-14H2,1H3. The highest BCUT2D eigenvalue weighted by atomic mass is 32.2. The van der Waals surface area contributed by atoms with E-state index in [1.165, 1.54) is 22.6 Å². The Kier molecular flexibility index (Phi) is 5.74. The molecule has 25 heavy (non-hydrogen) atoms. The van der Waals surface area contributed by atoms with Crippen LogP contribution in [0.3, 0.4) is 0 Å².